The van der Waals surface area contributed by atoms with Crippen molar-refractivity contribution in [3.05, 3.63) is 90.3 Å². The van der Waals surface area contributed by atoms with Gasteiger partial charge in [-0.1, -0.05) is 45.4 Å². The van der Waals surface area contributed by atoms with Gasteiger partial charge in [-0.05, 0) is 72.7 Å². The van der Waals surface area contributed by atoms with Crippen LogP contribution in [0.25, 0.3) is 22.5 Å². The molecule has 1 unspecified atom stereocenters. The summed E-state index contributed by atoms with van der Waals surface area (Å²) >= 11 is 0. The average Bonchev–Trinajstić information content (AvgIpc) is 3.29. The molecule has 2 aromatic heterocycles. The van der Waals surface area contributed by atoms with Crippen molar-refractivity contribution in [2.45, 2.75) is 58.9 Å². The van der Waals surface area contributed by atoms with Gasteiger partial charge in [-0.15, -0.1) is 0 Å². The zero-order valence-electron chi connectivity index (χ0n) is 23.1. The van der Waals surface area contributed by atoms with Crippen LogP contribution in [0.5, 0.6) is 0 Å². The van der Waals surface area contributed by atoms with E-state index < -0.39 is 5.97 Å². The highest BCUT2D eigenvalue weighted by molar-refractivity contribution is 6.12. The molecule has 0 spiro atoms. The highest BCUT2D eigenvalue weighted by Gasteiger charge is 2.31. The van der Waals surface area contributed by atoms with E-state index in [-0.39, 0.29) is 30.0 Å². The molecule has 7 nitrogen and oxygen atoms in total. The van der Waals surface area contributed by atoms with Crippen molar-refractivity contribution in [1.29, 1.82) is 0 Å². The Balaban J connectivity index is 1.89. The number of amides is 1. The van der Waals surface area contributed by atoms with E-state index in [2.05, 4.69) is 40.6 Å². The Morgan fingerprint density at radius 2 is 1.73 bits per heavy atom. The van der Waals surface area contributed by atoms with E-state index in [9.17, 15) is 14.0 Å². The van der Waals surface area contributed by atoms with Gasteiger partial charge in [0.25, 0.3) is 5.91 Å². The van der Waals surface area contributed by atoms with E-state index in [4.69, 9.17) is 5.11 Å². The first-order valence-electron chi connectivity index (χ1n) is 13.6. The van der Waals surface area contributed by atoms with Gasteiger partial charge in [0.05, 0.1) is 17.0 Å². The monoisotopic (exact) mass is 542 g/mol. The SMILES string of the molecule is CC(CCCC(=O)O)CCn1c(-c2ccc(F)cc2)c(-c2ccncn2)c(C(=O)Nc2ccccc2)c1C(C)C. The predicted octanol–water partition coefficient (Wildman–Crippen LogP) is 7.41. The third-order valence-corrected chi connectivity index (χ3v) is 7.00. The van der Waals surface area contributed by atoms with E-state index in [1.54, 1.807) is 24.4 Å². The van der Waals surface area contributed by atoms with Gasteiger partial charge in [0.15, 0.2) is 0 Å². The van der Waals surface area contributed by atoms with Gasteiger partial charge in [0, 0.05) is 36.1 Å². The smallest absolute Gasteiger partial charge is 0.303 e. The lowest BCUT2D eigenvalue weighted by Gasteiger charge is -2.19. The van der Waals surface area contributed by atoms with Crippen LogP contribution in [0, 0.1) is 11.7 Å². The number of nitrogens with one attached hydrogen (secondary N) is 1. The molecular weight excluding hydrogens is 507 g/mol. The minimum absolute atomic E-state index is 0.0198. The Kier molecular flexibility index (Phi) is 9.43. The molecule has 0 aliphatic rings. The lowest BCUT2D eigenvalue weighted by molar-refractivity contribution is -0.137. The number of aliphatic carboxylic acids is 1. The fourth-order valence-electron chi connectivity index (χ4n) is 5.11. The second-order valence-corrected chi connectivity index (χ2v) is 10.4. The first-order chi connectivity index (χ1) is 19.3. The number of carboxylic acid groups (broad SMARTS) is 1. The van der Waals surface area contributed by atoms with Crippen molar-refractivity contribution in [2.75, 3.05) is 5.32 Å². The largest absolute Gasteiger partial charge is 0.481 e. The minimum atomic E-state index is -0.790. The van der Waals surface area contributed by atoms with Crippen LogP contribution in [0.15, 0.2) is 73.2 Å². The predicted molar refractivity (Wildman–Crippen MR) is 155 cm³/mol. The van der Waals surface area contributed by atoms with Gasteiger partial charge >= 0.3 is 5.97 Å². The molecule has 8 heteroatoms. The highest BCUT2D eigenvalue weighted by atomic mass is 19.1. The van der Waals surface area contributed by atoms with Gasteiger partial charge in [-0.25, -0.2) is 14.4 Å². The quantitative estimate of drug-likeness (QED) is 0.194. The summed E-state index contributed by atoms with van der Waals surface area (Å²) < 4.78 is 16.2. The molecule has 4 rings (SSSR count). The molecule has 1 amide bonds. The number of anilines is 1. The first-order valence-corrected chi connectivity index (χ1v) is 13.6. The number of carboxylic acids is 1. The van der Waals surface area contributed by atoms with E-state index in [0.29, 0.717) is 35.5 Å². The van der Waals surface area contributed by atoms with E-state index in [1.165, 1.54) is 18.5 Å². The standard InChI is InChI=1S/C32H35FN4O3/c1-21(2)30-29(32(40)36-25-9-5-4-6-10-25)28(26-16-18-34-20-35-26)31(23-12-14-24(33)15-13-23)37(30)19-17-22(3)8-7-11-27(38)39/h4-6,9-10,12-16,18,20-22H,7-8,11,17,19H2,1-3H3,(H,36,40)(H,38,39). The number of hydrogen-bond donors (Lipinski definition) is 2. The maximum atomic E-state index is 14.0. The zero-order valence-corrected chi connectivity index (χ0v) is 23.1. The summed E-state index contributed by atoms with van der Waals surface area (Å²) in [6.07, 6.45) is 5.43. The Morgan fingerprint density at radius 1 is 1.00 bits per heavy atom. The van der Waals surface area contributed by atoms with Crippen molar-refractivity contribution in [2.24, 2.45) is 5.92 Å². The minimum Gasteiger partial charge on any atom is -0.481 e. The van der Waals surface area contributed by atoms with Gasteiger partial charge in [0.1, 0.15) is 12.1 Å². The molecule has 2 heterocycles. The number of aromatic nitrogens is 3. The molecule has 2 N–H and O–H groups in total. The maximum Gasteiger partial charge on any atom is 0.303 e. The Bertz CT molecular complexity index is 1430. The number of carbonyl (C=O) groups excluding carboxylic acids is 1. The van der Waals surface area contributed by atoms with Crippen LogP contribution in [0.2, 0.25) is 0 Å². The Morgan fingerprint density at radius 3 is 2.35 bits per heavy atom. The summed E-state index contributed by atoms with van der Waals surface area (Å²) in [5.41, 5.74) is 4.90. The number of carbonyl (C=O) groups is 2. The van der Waals surface area contributed by atoms with Crippen LogP contribution in [-0.2, 0) is 11.3 Å². The zero-order chi connectivity index (χ0) is 28.6. The van der Waals surface area contributed by atoms with Crippen molar-refractivity contribution >= 4 is 17.6 Å². The number of halogens is 1. The molecule has 2 aromatic carbocycles. The van der Waals surface area contributed by atoms with Gasteiger partial charge in [0.2, 0.25) is 0 Å². The summed E-state index contributed by atoms with van der Waals surface area (Å²) in [5.74, 6) is -1.13. The van der Waals surface area contributed by atoms with Crippen molar-refractivity contribution in [3.8, 4) is 22.5 Å². The summed E-state index contributed by atoms with van der Waals surface area (Å²) in [5, 5.41) is 12.1. The molecule has 0 aliphatic carbocycles. The molecule has 0 saturated carbocycles. The second-order valence-electron chi connectivity index (χ2n) is 10.4. The van der Waals surface area contributed by atoms with Crippen molar-refractivity contribution in [1.82, 2.24) is 14.5 Å². The third-order valence-electron chi connectivity index (χ3n) is 7.00. The third kappa shape index (κ3) is 6.81. The van der Waals surface area contributed by atoms with E-state index >= 15 is 0 Å². The maximum absolute atomic E-state index is 14.0. The number of benzene rings is 2. The highest BCUT2D eigenvalue weighted by Crippen LogP contribution is 2.42. The lowest BCUT2D eigenvalue weighted by Crippen LogP contribution is -2.17. The topological polar surface area (TPSA) is 97.1 Å². The number of hydrogen-bond acceptors (Lipinski definition) is 4. The van der Waals surface area contributed by atoms with E-state index in [0.717, 1.165) is 29.8 Å². The summed E-state index contributed by atoms with van der Waals surface area (Å²) in [4.78, 5) is 33.7. The molecule has 0 aliphatic heterocycles. The second kappa shape index (κ2) is 13.2. The molecule has 0 saturated heterocycles. The van der Waals surface area contributed by atoms with Crippen LogP contribution in [0.1, 0.15) is 68.4 Å². The van der Waals surface area contributed by atoms with Crippen LogP contribution in [-0.4, -0.2) is 31.5 Å². The van der Waals surface area contributed by atoms with E-state index in [1.807, 2.05) is 30.3 Å². The summed E-state index contributed by atoms with van der Waals surface area (Å²) in [6.45, 7) is 6.83. The molecular formula is C32H35FN4O3. The van der Waals surface area contributed by atoms with Gasteiger partial charge < -0.3 is 15.0 Å². The fraction of sp³-hybridized carbons (Fsp3) is 0.312. The molecule has 4 aromatic rings. The molecule has 1 atom stereocenters. The first kappa shape index (κ1) is 28.7. The van der Waals surface area contributed by atoms with Crippen LogP contribution < -0.4 is 5.32 Å². The molecule has 0 fully saturated rings. The fourth-order valence-corrected chi connectivity index (χ4v) is 5.11. The molecule has 0 radical (unpaired) electrons. The van der Waals surface area contributed by atoms with Crippen LogP contribution >= 0.6 is 0 Å². The Labute approximate surface area is 234 Å². The number of para-hydroxylation sites is 1. The van der Waals surface area contributed by atoms with Crippen molar-refractivity contribution in [3.63, 3.8) is 0 Å². The molecule has 40 heavy (non-hydrogen) atoms. The summed E-state index contributed by atoms with van der Waals surface area (Å²) in [6, 6.07) is 17.4. The Hall–Kier alpha value is -4.33. The van der Waals surface area contributed by atoms with Crippen LogP contribution in [0.3, 0.4) is 0 Å². The number of rotatable bonds is 12. The molecule has 208 valence electrons. The lowest BCUT2D eigenvalue weighted by atomic mass is 9.97. The normalized spacial score (nSPS) is 11.9. The summed E-state index contributed by atoms with van der Waals surface area (Å²) in [7, 11) is 0. The van der Waals surface area contributed by atoms with Gasteiger partial charge in [-0.3, -0.25) is 9.59 Å². The average molecular weight is 543 g/mol. The molecule has 0 bridgehead atoms. The van der Waals surface area contributed by atoms with Crippen molar-refractivity contribution < 1.29 is 19.1 Å². The van der Waals surface area contributed by atoms with Crippen LogP contribution in [0.4, 0.5) is 10.1 Å². The van der Waals surface area contributed by atoms with Gasteiger partial charge in [-0.2, -0.15) is 0 Å². The number of nitrogens with zero attached hydrogens (tertiary/aromatic N) is 3.